The molecule has 6 heteroatoms. The average Bonchev–Trinajstić information content (AvgIpc) is 2.58. The van der Waals surface area contributed by atoms with Crippen molar-refractivity contribution in [1.82, 2.24) is 15.2 Å². The van der Waals surface area contributed by atoms with Crippen LogP contribution in [0.5, 0.6) is 0 Å². The smallest absolute Gasteiger partial charge is 0.249 e. The van der Waals surface area contributed by atoms with Crippen molar-refractivity contribution < 1.29 is 0 Å². The van der Waals surface area contributed by atoms with Gasteiger partial charge in [0.15, 0.2) is 5.82 Å². The minimum absolute atomic E-state index is 0.452. The highest BCUT2D eigenvalue weighted by Crippen LogP contribution is 2.20. The van der Waals surface area contributed by atoms with Gasteiger partial charge in [0.1, 0.15) is 0 Å². The summed E-state index contributed by atoms with van der Waals surface area (Å²) >= 11 is 6.16. The van der Waals surface area contributed by atoms with E-state index in [4.69, 9.17) is 11.6 Å². The second kappa shape index (κ2) is 7.27. The Labute approximate surface area is 146 Å². The number of benzene rings is 2. The highest BCUT2D eigenvalue weighted by molar-refractivity contribution is 6.31. The first kappa shape index (κ1) is 16.2. The van der Waals surface area contributed by atoms with E-state index >= 15 is 0 Å². The summed E-state index contributed by atoms with van der Waals surface area (Å²) in [5.41, 5.74) is 4.27. The van der Waals surface area contributed by atoms with Gasteiger partial charge >= 0.3 is 0 Å². The van der Waals surface area contributed by atoms with Crippen LogP contribution in [0.15, 0.2) is 48.7 Å². The topological polar surface area (TPSA) is 62.7 Å². The summed E-state index contributed by atoms with van der Waals surface area (Å²) in [6.45, 7) is 4.65. The predicted molar refractivity (Wildman–Crippen MR) is 97.8 cm³/mol. The first-order chi connectivity index (χ1) is 11.6. The van der Waals surface area contributed by atoms with Crippen LogP contribution in [0.2, 0.25) is 5.02 Å². The van der Waals surface area contributed by atoms with E-state index in [1.54, 1.807) is 6.20 Å². The van der Waals surface area contributed by atoms with E-state index in [1.807, 2.05) is 38.1 Å². The van der Waals surface area contributed by atoms with Gasteiger partial charge in [-0.15, -0.1) is 5.10 Å². The van der Waals surface area contributed by atoms with Crippen LogP contribution >= 0.6 is 11.6 Å². The van der Waals surface area contributed by atoms with Gasteiger partial charge in [0, 0.05) is 17.3 Å². The maximum absolute atomic E-state index is 6.16. The normalized spacial score (nSPS) is 10.5. The molecule has 0 aliphatic heterocycles. The number of nitrogens with one attached hydrogen (secondary N) is 2. The van der Waals surface area contributed by atoms with E-state index in [2.05, 4.69) is 44.0 Å². The number of aryl methyl sites for hydroxylation is 2. The molecule has 1 aromatic heterocycles. The summed E-state index contributed by atoms with van der Waals surface area (Å²) in [6, 6.07) is 13.9. The molecule has 2 N–H and O–H groups in total. The number of anilines is 3. The summed E-state index contributed by atoms with van der Waals surface area (Å²) in [7, 11) is 0. The van der Waals surface area contributed by atoms with Crippen molar-refractivity contribution >= 4 is 29.1 Å². The summed E-state index contributed by atoms with van der Waals surface area (Å²) in [5, 5.41) is 15.2. The zero-order valence-electron chi connectivity index (χ0n) is 13.5. The number of rotatable bonds is 5. The fourth-order valence-electron chi connectivity index (χ4n) is 2.26. The molecule has 122 valence electrons. The third-order valence-corrected chi connectivity index (χ3v) is 3.98. The Morgan fingerprint density at radius 3 is 2.75 bits per heavy atom. The first-order valence-corrected chi connectivity index (χ1v) is 8.01. The molecule has 0 saturated heterocycles. The number of nitrogens with zero attached hydrogens (tertiary/aromatic N) is 3. The van der Waals surface area contributed by atoms with Crippen LogP contribution in [-0.2, 0) is 6.54 Å². The van der Waals surface area contributed by atoms with Crippen molar-refractivity contribution in [3.8, 4) is 0 Å². The molecule has 0 spiro atoms. The van der Waals surface area contributed by atoms with Gasteiger partial charge in [0.05, 0.1) is 6.20 Å². The van der Waals surface area contributed by atoms with Crippen LogP contribution < -0.4 is 10.6 Å². The molecule has 0 saturated carbocycles. The lowest BCUT2D eigenvalue weighted by atomic mass is 10.1. The van der Waals surface area contributed by atoms with Gasteiger partial charge in [-0.05, 0) is 42.7 Å². The van der Waals surface area contributed by atoms with Gasteiger partial charge < -0.3 is 10.6 Å². The van der Waals surface area contributed by atoms with Gasteiger partial charge in [-0.2, -0.15) is 10.1 Å². The van der Waals surface area contributed by atoms with Gasteiger partial charge in [-0.1, -0.05) is 41.9 Å². The molecular formula is C18H18ClN5. The van der Waals surface area contributed by atoms with Gasteiger partial charge in [-0.25, -0.2) is 0 Å². The fraction of sp³-hybridized carbons (Fsp3) is 0.167. The Balaban J connectivity index is 1.72. The molecule has 2 aromatic carbocycles. The third kappa shape index (κ3) is 4.00. The van der Waals surface area contributed by atoms with Crippen molar-refractivity contribution in [3.63, 3.8) is 0 Å². The van der Waals surface area contributed by atoms with Crippen molar-refractivity contribution in [3.05, 3.63) is 70.4 Å². The first-order valence-electron chi connectivity index (χ1n) is 7.63. The summed E-state index contributed by atoms with van der Waals surface area (Å²) < 4.78 is 0. The molecular weight excluding hydrogens is 322 g/mol. The average molecular weight is 340 g/mol. The monoisotopic (exact) mass is 339 g/mol. The minimum atomic E-state index is 0.452. The van der Waals surface area contributed by atoms with E-state index in [0.717, 1.165) is 21.8 Å². The maximum atomic E-state index is 6.16. The fourth-order valence-corrected chi connectivity index (χ4v) is 2.46. The molecule has 3 aromatic rings. The molecule has 0 unspecified atom stereocenters. The van der Waals surface area contributed by atoms with E-state index in [-0.39, 0.29) is 0 Å². The third-order valence-electron chi connectivity index (χ3n) is 3.62. The molecule has 24 heavy (non-hydrogen) atoms. The Bertz CT molecular complexity index is 850. The molecule has 0 bridgehead atoms. The lowest BCUT2D eigenvalue weighted by molar-refractivity contribution is 0.965. The molecule has 0 radical (unpaired) electrons. The molecule has 0 aliphatic carbocycles. The van der Waals surface area contributed by atoms with Crippen molar-refractivity contribution in [2.45, 2.75) is 20.4 Å². The SMILES string of the molecule is Cc1ccc(C)c(Nc2nncc(NCc3ccccc3Cl)n2)c1. The van der Waals surface area contributed by atoms with Crippen LogP contribution in [0.25, 0.3) is 0 Å². The van der Waals surface area contributed by atoms with Crippen LogP contribution in [0, 0.1) is 13.8 Å². The zero-order valence-corrected chi connectivity index (χ0v) is 14.3. The van der Waals surface area contributed by atoms with E-state index in [1.165, 1.54) is 5.56 Å². The van der Waals surface area contributed by atoms with E-state index in [9.17, 15) is 0 Å². The Morgan fingerprint density at radius 2 is 1.92 bits per heavy atom. The number of hydrogen-bond acceptors (Lipinski definition) is 5. The number of halogens is 1. The highest BCUT2D eigenvalue weighted by atomic mass is 35.5. The van der Waals surface area contributed by atoms with Gasteiger partial charge in [0.25, 0.3) is 0 Å². The molecule has 0 fully saturated rings. The second-order valence-corrected chi connectivity index (χ2v) is 5.96. The van der Waals surface area contributed by atoms with Crippen molar-refractivity contribution in [2.75, 3.05) is 10.6 Å². The Kier molecular flexibility index (Phi) is 4.91. The maximum Gasteiger partial charge on any atom is 0.249 e. The highest BCUT2D eigenvalue weighted by Gasteiger charge is 2.05. The Morgan fingerprint density at radius 1 is 1.08 bits per heavy atom. The van der Waals surface area contributed by atoms with Gasteiger partial charge in [-0.3, -0.25) is 0 Å². The number of hydrogen-bond donors (Lipinski definition) is 2. The standard InChI is InChI=1S/C18H18ClN5/c1-12-7-8-13(2)16(9-12)22-18-23-17(11-21-24-18)20-10-14-5-3-4-6-15(14)19/h3-9,11H,10H2,1-2H3,(H2,20,22,23,24). The molecule has 5 nitrogen and oxygen atoms in total. The lowest BCUT2D eigenvalue weighted by Crippen LogP contribution is -2.06. The molecule has 1 heterocycles. The van der Waals surface area contributed by atoms with Crippen LogP contribution in [0.4, 0.5) is 17.5 Å². The van der Waals surface area contributed by atoms with Gasteiger partial charge in [0.2, 0.25) is 5.95 Å². The van der Waals surface area contributed by atoms with Crippen LogP contribution in [0.3, 0.4) is 0 Å². The van der Waals surface area contributed by atoms with Crippen molar-refractivity contribution in [1.29, 1.82) is 0 Å². The zero-order chi connectivity index (χ0) is 16.9. The number of aromatic nitrogens is 3. The quantitative estimate of drug-likeness (QED) is 0.716. The summed E-state index contributed by atoms with van der Waals surface area (Å²) in [6.07, 6.45) is 1.59. The largest absolute Gasteiger partial charge is 0.364 e. The lowest BCUT2D eigenvalue weighted by Gasteiger charge is -2.10. The van der Waals surface area contributed by atoms with E-state index < -0.39 is 0 Å². The minimum Gasteiger partial charge on any atom is -0.364 e. The molecule has 0 atom stereocenters. The second-order valence-electron chi connectivity index (χ2n) is 5.55. The molecule has 0 aliphatic rings. The summed E-state index contributed by atoms with van der Waals surface area (Å²) in [4.78, 5) is 4.44. The predicted octanol–water partition coefficient (Wildman–Crippen LogP) is 4.50. The van der Waals surface area contributed by atoms with E-state index in [0.29, 0.717) is 18.3 Å². The Hall–Kier alpha value is -2.66. The molecule has 3 rings (SSSR count). The van der Waals surface area contributed by atoms with Crippen LogP contribution in [-0.4, -0.2) is 15.2 Å². The van der Waals surface area contributed by atoms with Crippen molar-refractivity contribution in [2.24, 2.45) is 0 Å². The molecule has 0 amide bonds. The summed E-state index contributed by atoms with van der Waals surface area (Å²) in [5.74, 6) is 1.09. The van der Waals surface area contributed by atoms with Crippen LogP contribution in [0.1, 0.15) is 16.7 Å².